The highest BCUT2D eigenvalue weighted by Crippen LogP contribution is 2.09. The second-order valence-electron chi connectivity index (χ2n) is 7.49. The second kappa shape index (κ2) is 12.8. The summed E-state index contributed by atoms with van der Waals surface area (Å²) < 4.78 is 5.13. The summed E-state index contributed by atoms with van der Waals surface area (Å²) in [4.78, 5) is 58.6. The predicted octanol–water partition coefficient (Wildman–Crippen LogP) is 1.36. The van der Waals surface area contributed by atoms with Crippen LogP contribution in [0.2, 0.25) is 0 Å². The van der Waals surface area contributed by atoms with Gasteiger partial charge in [-0.15, -0.1) is 0 Å². The number of nitrogens with one attached hydrogen (secondary N) is 3. The number of hydrogen-bond donors (Lipinski definition) is 4. The molecule has 3 amide bonds. The van der Waals surface area contributed by atoms with Gasteiger partial charge in [0.1, 0.15) is 29.6 Å². The zero-order valence-corrected chi connectivity index (χ0v) is 19.8. The molecule has 4 atom stereocenters. The highest BCUT2D eigenvalue weighted by atomic mass is 79.9. The third-order valence-corrected chi connectivity index (χ3v) is 5.37. The molecule has 10 nitrogen and oxygen atoms in total. The highest BCUT2D eigenvalue weighted by Gasteiger charge is 2.33. The van der Waals surface area contributed by atoms with Gasteiger partial charge in [-0.2, -0.15) is 0 Å². The number of halogens is 1. The van der Waals surface area contributed by atoms with Gasteiger partial charge < -0.3 is 25.8 Å². The Morgan fingerprint density at radius 3 is 2.03 bits per heavy atom. The summed E-state index contributed by atoms with van der Waals surface area (Å²) in [5.41, 5.74) is 0.782. The van der Waals surface area contributed by atoms with Crippen LogP contribution in [0.1, 0.15) is 33.3 Å². The summed E-state index contributed by atoms with van der Waals surface area (Å²) in [5.74, 6) is -3.59. The normalized spacial score (nSPS) is 14.4. The molecule has 0 aliphatic heterocycles. The fourth-order valence-corrected chi connectivity index (χ4v) is 3.10. The minimum absolute atomic E-state index is 0.0294. The Labute approximate surface area is 194 Å². The quantitative estimate of drug-likeness (QED) is 0.326. The molecule has 0 aliphatic carbocycles. The Balaban J connectivity index is 2.69. The van der Waals surface area contributed by atoms with E-state index in [-0.39, 0.29) is 12.5 Å². The number of benzene rings is 1. The summed E-state index contributed by atoms with van der Waals surface area (Å²) in [6, 6.07) is 5.62. The van der Waals surface area contributed by atoms with Crippen molar-refractivity contribution in [2.75, 3.05) is 0 Å². The van der Waals surface area contributed by atoms with Gasteiger partial charge in [0.2, 0.25) is 11.8 Å². The van der Waals surface area contributed by atoms with Crippen molar-refractivity contribution in [1.29, 1.82) is 0 Å². The van der Waals surface area contributed by atoms with Crippen LogP contribution in [0.25, 0.3) is 0 Å². The van der Waals surface area contributed by atoms with Crippen molar-refractivity contribution in [2.24, 2.45) is 5.92 Å². The zero-order valence-electron chi connectivity index (χ0n) is 18.3. The summed E-state index contributed by atoms with van der Waals surface area (Å²) in [6.07, 6.45) is -0.792. The van der Waals surface area contributed by atoms with Gasteiger partial charge >= 0.3 is 12.1 Å². The molecule has 0 aromatic heterocycles. The molecule has 0 spiro atoms. The molecule has 0 saturated heterocycles. The van der Waals surface area contributed by atoms with E-state index in [0.29, 0.717) is 0 Å². The summed E-state index contributed by atoms with van der Waals surface area (Å²) >= 11 is 2.85. The van der Waals surface area contributed by atoms with Crippen molar-refractivity contribution in [2.45, 2.75) is 57.3 Å². The van der Waals surface area contributed by atoms with Gasteiger partial charge in [0.05, 0.1) is 0 Å². The highest BCUT2D eigenvalue weighted by molar-refractivity contribution is 9.10. The second-order valence-corrected chi connectivity index (χ2v) is 8.48. The topological polar surface area (TPSA) is 151 Å². The fraction of sp³-hybridized carbons (Fsp3) is 0.476. The first-order valence-corrected chi connectivity index (χ1v) is 10.8. The molecule has 1 aromatic rings. The van der Waals surface area contributed by atoms with Gasteiger partial charge in [-0.1, -0.05) is 60.1 Å². The molecule has 4 N–H and O–H groups in total. The molecule has 0 bridgehead atoms. The van der Waals surface area contributed by atoms with Crippen LogP contribution >= 0.6 is 15.9 Å². The van der Waals surface area contributed by atoms with Crippen molar-refractivity contribution in [3.05, 3.63) is 35.9 Å². The Morgan fingerprint density at radius 1 is 0.938 bits per heavy atom. The molecule has 1 rings (SSSR count). The van der Waals surface area contributed by atoms with Crippen molar-refractivity contribution in [3.63, 3.8) is 0 Å². The number of carbonyl (C=O) groups is 5. The van der Waals surface area contributed by atoms with Crippen LogP contribution in [-0.2, 0) is 30.5 Å². The lowest BCUT2D eigenvalue weighted by Crippen LogP contribution is -2.57. The zero-order chi connectivity index (χ0) is 24.4. The Morgan fingerprint density at radius 2 is 1.53 bits per heavy atom. The average Bonchev–Trinajstić information content (AvgIpc) is 2.73. The van der Waals surface area contributed by atoms with E-state index in [1.807, 2.05) is 6.07 Å². The molecule has 0 aliphatic rings. The minimum Gasteiger partial charge on any atom is -0.480 e. The molecule has 11 heteroatoms. The Bertz CT molecular complexity index is 832. The van der Waals surface area contributed by atoms with Crippen LogP contribution < -0.4 is 16.0 Å². The SMILES string of the molecule is CC(=O)C(NC(=O)C(C)NC(=O)C(NC(=O)OCc1ccccc1)C(C)C)C(Br)C(=O)O. The predicted molar refractivity (Wildman–Crippen MR) is 119 cm³/mol. The molecule has 0 fully saturated rings. The lowest BCUT2D eigenvalue weighted by molar-refractivity contribution is -0.139. The molecule has 0 radical (unpaired) electrons. The van der Waals surface area contributed by atoms with Gasteiger partial charge in [0.15, 0.2) is 5.78 Å². The van der Waals surface area contributed by atoms with E-state index in [9.17, 15) is 24.0 Å². The fourth-order valence-electron chi connectivity index (χ4n) is 2.60. The van der Waals surface area contributed by atoms with Crippen LogP contribution in [0, 0.1) is 5.92 Å². The maximum atomic E-state index is 12.6. The minimum atomic E-state index is -1.32. The number of carboxylic acids is 1. The van der Waals surface area contributed by atoms with E-state index < -0.39 is 52.6 Å². The molecule has 0 heterocycles. The number of alkyl carbamates (subject to hydrolysis) is 1. The van der Waals surface area contributed by atoms with Crippen molar-refractivity contribution < 1.29 is 33.8 Å². The van der Waals surface area contributed by atoms with Crippen LogP contribution in [0.15, 0.2) is 30.3 Å². The molecule has 0 saturated carbocycles. The first-order chi connectivity index (χ1) is 14.9. The monoisotopic (exact) mass is 513 g/mol. The first kappa shape index (κ1) is 27.1. The first-order valence-electron chi connectivity index (χ1n) is 9.89. The van der Waals surface area contributed by atoms with Crippen LogP contribution in [0.3, 0.4) is 0 Å². The van der Waals surface area contributed by atoms with Gasteiger partial charge in [-0.25, -0.2) is 4.79 Å². The third-order valence-electron chi connectivity index (χ3n) is 4.45. The maximum absolute atomic E-state index is 12.6. The lowest BCUT2D eigenvalue weighted by atomic mass is 10.0. The van der Waals surface area contributed by atoms with Crippen molar-refractivity contribution in [1.82, 2.24) is 16.0 Å². The molecule has 32 heavy (non-hydrogen) atoms. The van der Waals surface area contributed by atoms with Gasteiger partial charge in [0, 0.05) is 0 Å². The number of carboxylic acid groups (broad SMARTS) is 1. The van der Waals surface area contributed by atoms with E-state index >= 15 is 0 Å². The number of aliphatic carboxylic acids is 1. The number of alkyl halides is 1. The van der Waals surface area contributed by atoms with Crippen LogP contribution in [0.5, 0.6) is 0 Å². The largest absolute Gasteiger partial charge is 0.480 e. The number of hydrogen-bond acceptors (Lipinski definition) is 6. The van der Waals surface area contributed by atoms with Crippen LogP contribution in [-0.4, -0.2) is 57.7 Å². The number of carbonyl (C=O) groups excluding carboxylic acids is 4. The van der Waals surface area contributed by atoms with Crippen LogP contribution in [0.4, 0.5) is 4.79 Å². The summed E-state index contributed by atoms with van der Waals surface area (Å²) in [7, 11) is 0. The van der Waals surface area contributed by atoms with Gasteiger partial charge in [-0.05, 0) is 25.3 Å². The van der Waals surface area contributed by atoms with E-state index in [1.165, 1.54) is 6.92 Å². The van der Waals surface area contributed by atoms with Gasteiger partial charge in [-0.3, -0.25) is 19.2 Å². The summed E-state index contributed by atoms with van der Waals surface area (Å²) in [5, 5.41) is 16.3. The van der Waals surface area contributed by atoms with E-state index in [4.69, 9.17) is 9.84 Å². The Kier molecular flexibility index (Phi) is 10.8. The molecule has 4 unspecified atom stereocenters. The standard InChI is InChI=1S/C21H28BrN3O7/c1-11(2)16(25-21(31)32-10-14-8-6-5-7-9-14)19(28)23-12(3)18(27)24-17(13(4)26)15(22)20(29)30/h5-9,11-12,15-17H,10H2,1-4H3,(H,23,28)(H,24,27)(H,25,31)(H,29,30). The van der Waals surface area contributed by atoms with E-state index in [1.54, 1.807) is 38.1 Å². The molecular formula is C21H28BrN3O7. The number of Topliss-reactive ketones (excluding diaryl/α,β-unsaturated/α-hetero) is 1. The molecular weight excluding hydrogens is 486 g/mol. The molecule has 1 aromatic carbocycles. The lowest BCUT2D eigenvalue weighted by Gasteiger charge is -2.25. The average molecular weight is 514 g/mol. The number of ether oxygens (including phenoxy) is 1. The number of ketones is 1. The maximum Gasteiger partial charge on any atom is 0.408 e. The number of amides is 3. The van der Waals surface area contributed by atoms with E-state index in [2.05, 4.69) is 31.9 Å². The third kappa shape index (κ3) is 8.66. The van der Waals surface area contributed by atoms with Crippen molar-refractivity contribution in [3.8, 4) is 0 Å². The number of rotatable bonds is 11. The Hall–Kier alpha value is -2.95. The van der Waals surface area contributed by atoms with E-state index in [0.717, 1.165) is 12.5 Å². The van der Waals surface area contributed by atoms with Crippen molar-refractivity contribution >= 4 is 45.6 Å². The smallest absolute Gasteiger partial charge is 0.408 e. The summed E-state index contributed by atoms with van der Waals surface area (Å²) in [6.45, 7) is 5.97. The molecule has 176 valence electrons. The van der Waals surface area contributed by atoms with Gasteiger partial charge in [0.25, 0.3) is 0 Å².